The van der Waals surface area contributed by atoms with E-state index in [1.165, 1.54) is 5.56 Å². The highest BCUT2D eigenvalue weighted by atomic mass is 16.5. The smallest absolute Gasteiger partial charge is 0.273 e. The fourth-order valence-corrected chi connectivity index (χ4v) is 2.14. The maximum atomic E-state index is 11.9. The van der Waals surface area contributed by atoms with Crippen molar-refractivity contribution in [3.63, 3.8) is 0 Å². The van der Waals surface area contributed by atoms with Crippen LogP contribution in [-0.2, 0) is 5.41 Å². The third kappa shape index (κ3) is 3.15. The number of amides is 1. The summed E-state index contributed by atoms with van der Waals surface area (Å²) in [6.45, 7) is 6.53. The van der Waals surface area contributed by atoms with Crippen LogP contribution in [0.15, 0.2) is 34.9 Å². The standard InChI is InChI=1S/C17H20N2O2/c1-17(2,3)12-6-4-11(5-7-12)15-10-14(19-21-15)16(20)18-13-8-9-13/h4-7,10,13H,8-9H2,1-3H3,(H,18,20). The number of nitrogens with one attached hydrogen (secondary N) is 1. The average molecular weight is 284 g/mol. The van der Waals surface area contributed by atoms with Crippen molar-refractivity contribution in [2.75, 3.05) is 0 Å². The number of hydrogen-bond donors (Lipinski definition) is 1. The first-order valence-corrected chi connectivity index (χ1v) is 7.32. The number of hydrogen-bond acceptors (Lipinski definition) is 3. The minimum Gasteiger partial charge on any atom is -0.355 e. The van der Waals surface area contributed by atoms with Crippen LogP contribution < -0.4 is 5.32 Å². The summed E-state index contributed by atoms with van der Waals surface area (Å²) in [5.41, 5.74) is 2.66. The molecule has 110 valence electrons. The maximum absolute atomic E-state index is 11.9. The van der Waals surface area contributed by atoms with Gasteiger partial charge in [-0.1, -0.05) is 50.2 Å². The molecule has 1 aromatic carbocycles. The summed E-state index contributed by atoms with van der Waals surface area (Å²) in [5, 5.41) is 6.76. The lowest BCUT2D eigenvalue weighted by Crippen LogP contribution is -2.25. The lowest BCUT2D eigenvalue weighted by molar-refractivity contribution is 0.0942. The molecule has 1 aliphatic rings. The average Bonchev–Trinajstić information content (AvgIpc) is 3.11. The van der Waals surface area contributed by atoms with Crippen molar-refractivity contribution in [3.8, 4) is 11.3 Å². The molecule has 1 aromatic heterocycles. The van der Waals surface area contributed by atoms with Crippen LogP contribution in [0.3, 0.4) is 0 Å². The Bertz CT molecular complexity index is 646. The van der Waals surface area contributed by atoms with Crippen LogP contribution in [0.5, 0.6) is 0 Å². The molecule has 1 amide bonds. The highest BCUT2D eigenvalue weighted by Gasteiger charge is 2.25. The van der Waals surface area contributed by atoms with Crippen molar-refractivity contribution in [2.45, 2.75) is 45.1 Å². The Morgan fingerprint density at radius 2 is 1.90 bits per heavy atom. The highest BCUT2D eigenvalue weighted by Crippen LogP contribution is 2.26. The van der Waals surface area contributed by atoms with Crippen LogP contribution in [0.4, 0.5) is 0 Å². The van der Waals surface area contributed by atoms with E-state index in [0.29, 0.717) is 17.5 Å². The molecule has 0 unspecified atom stereocenters. The lowest BCUT2D eigenvalue weighted by atomic mass is 9.86. The molecular formula is C17H20N2O2. The van der Waals surface area contributed by atoms with Gasteiger partial charge in [-0.3, -0.25) is 4.79 Å². The van der Waals surface area contributed by atoms with E-state index < -0.39 is 0 Å². The van der Waals surface area contributed by atoms with Crippen LogP contribution in [0.25, 0.3) is 11.3 Å². The molecule has 1 saturated carbocycles. The zero-order chi connectivity index (χ0) is 15.0. The number of benzene rings is 1. The second-order valence-electron chi connectivity index (χ2n) is 6.65. The first-order chi connectivity index (χ1) is 9.93. The molecule has 0 aliphatic heterocycles. The molecule has 4 nitrogen and oxygen atoms in total. The van der Waals surface area contributed by atoms with Gasteiger partial charge < -0.3 is 9.84 Å². The molecule has 21 heavy (non-hydrogen) atoms. The Morgan fingerprint density at radius 3 is 2.48 bits per heavy atom. The predicted molar refractivity (Wildman–Crippen MR) is 81.1 cm³/mol. The number of nitrogens with zero attached hydrogens (tertiary/aromatic N) is 1. The Labute approximate surface area is 124 Å². The summed E-state index contributed by atoms with van der Waals surface area (Å²) in [6.07, 6.45) is 2.12. The van der Waals surface area contributed by atoms with Gasteiger partial charge in [0.15, 0.2) is 11.5 Å². The molecular weight excluding hydrogens is 264 g/mol. The number of carbonyl (C=O) groups is 1. The first-order valence-electron chi connectivity index (χ1n) is 7.32. The molecule has 1 heterocycles. The summed E-state index contributed by atoms with van der Waals surface area (Å²) in [4.78, 5) is 11.9. The van der Waals surface area contributed by atoms with Gasteiger partial charge >= 0.3 is 0 Å². The number of carbonyl (C=O) groups excluding carboxylic acids is 1. The van der Waals surface area contributed by atoms with Crippen LogP contribution in [0.1, 0.15) is 49.7 Å². The molecule has 2 aromatic rings. The Morgan fingerprint density at radius 1 is 1.24 bits per heavy atom. The van der Waals surface area contributed by atoms with Gasteiger partial charge in [0.05, 0.1) is 0 Å². The maximum Gasteiger partial charge on any atom is 0.273 e. The summed E-state index contributed by atoms with van der Waals surface area (Å²) >= 11 is 0. The third-order valence-electron chi connectivity index (χ3n) is 3.69. The van der Waals surface area contributed by atoms with Gasteiger partial charge in [0.1, 0.15) is 0 Å². The van der Waals surface area contributed by atoms with Gasteiger partial charge in [-0.25, -0.2) is 0 Å². The van der Waals surface area contributed by atoms with Crippen molar-refractivity contribution in [2.24, 2.45) is 0 Å². The van der Waals surface area contributed by atoms with E-state index in [4.69, 9.17) is 4.52 Å². The van der Waals surface area contributed by atoms with Gasteiger partial charge in [0.2, 0.25) is 0 Å². The monoisotopic (exact) mass is 284 g/mol. The molecule has 0 atom stereocenters. The fourth-order valence-electron chi connectivity index (χ4n) is 2.14. The molecule has 0 bridgehead atoms. The lowest BCUT2D eigenvalue weighted by Gasteiger charge is -2.18. The highest BCUT2D eigenvalue weighted by molar-refractivity contribution is 5.93. The van der Waals surface area contributed by atoms with Crippen LogP contribution in [0, 0.1) is 0 Å². The summed E-state index contributed by atoms with van der Waals surface area (Å²) in [6, 6.07) is 10.2. The zero-order valence-electron chi connectivity index (χ0n) is 12.6. The minimum atomic E-state index is -0.154. The van der Waals surface area contributed by atoms with Crippen molar-refractivity contribution >= 4 is 5.91 Å². The van der Waals surface area contributed by atoms with Gasteiger partial charge in [-0.2, -0.15) is 0 Å². The molecule has 4 heteroatoms. The Balaban J connectivity index is 1.77. The fraction of sp³-hybridized carbons (Fsp3) is 0.412. The van der Waals surface area contributed by atoms with Gasteiger partial charge in [-0.15, -0.1) is 0 Å². The van der Waals surface area contributed by atoms with Crippen LogP contribution >= 0.6 is 0 Å². The Kier molecular flexibility index (Phi) is 3.32. The van der Waals surface area contributed by atoms with E-state index in [0.717, 1.165) is 18.4 Å². The minimum absolute atomic E-state index is 0.120. The quantitative estimate of drug-likeness (QED) is 0.938. The summed E-state index contributed by atoms with van der Waals surface area (Å²) in [7, 11) is 0. The second kappa shape index (κ2) is 5.02. The van der Waals surface area contributed by atoms with Gasteiger partial charge in [0.25, 0.3) is 5.91 Å². The SMILES string of the molecule is CC(C)(C)c1ccc(-c2cc(C(=O)NC3CC3)no2)cc1. The molecule has 1 N–H and O–H groups in total. The van der Waals surface area contributed by atoms with Crippen molar-refractivity contribution in [1.82, 2.24) is 10.5 Å². The largest absolute Gasteiger partial charge is 0.355 e. The van der Waals surface area contributed by atoms with E-state index in [-0.39, 0.29) is 11.3 Å². The molecule has 3 rings (SSSR count). The van der Waals surface area contributed by atoms with E-state index in [1.807, 2.05) is 12.1 Å². The molecule has 1 aliphatic carbocycles. The van der Waals surface area contributed by atoms with Crippen LogP contribution in [-0.4, -0.2) is 17.1 Å². The first kappa shape index (κ1) is 13.9. The van der Waals surface area contributed by atoms with E-state index in [1.54, 1.807) is 6.07 Å². The van der Waals surface area contributed by atoms with Crippen molar-refractivity contribution in [3.05, 3.63) is 41.6 Å². The normalized spacial score (nSPS) is 15.0. The van der Waals surface area contributed by atoms with E-state index >= 15 is 0 Å². The topological polar surface area (TPSA) is 55.1 Å². The Hall–Kier alpha value is -2.10. The predicted octanol–water partition coefficient (Wildman–Crippen LogP) is 3.53. The molecule has 0 spiro atoms. The number of aromatic nitrogens is 1. The molecule has 0 radical (unpaired) electrons. The van der Waals surface area contributed by atoms with Crippen molar-refractivity contribution in [1.29, 1.82) is 0 Å². The van der Waals surface area contributed by atoms with E-state index in [9.17, 15) is 4.79 Å². The summed E-state index contributed by atoms with van der Waals surface area (Å²) < 4.78 is 5.29. The van der Waals surface area contributed by atoms with Gasteiger partial charge in [-0.05, 0) is 23.8 Å². The summed E-state index contributed by atoms with van der Waals surface area (Å²) in [5.74, 6) is 0.468. The molecule has 1 fully saturated rings. The van der Waals surface area contributed by atoms with Crippen LogP contribution in [0.2, 0.25) is 0 Å². The zero-order valence-corrected chi connectivity index (χ0v) is 12.6. The number of rotatable bonds is 3. The van der Waals surface area contributed by atoms with Crippen molar-refractivity contribution < 1.29 is 9.32 Å². The van der Waals surface area contributed by atoms with E-state index in [2.05, 4.69) is 43.4 Å². The third-order valence-corrected chi connectivity index (χ3v) is 3.69. The molecule has 0 saturated heterocycles. The van der Waals surface area contributed by atoms with Gasteiger partial charge in [0, 0.05) is 17.7 Å². The second-order valence-corrected chi connectivity index (χ2v) is 6.65.